The van der Waals surface area contributed by atoms with E-state index in [1.807, 2.05) is 0 Å². The first-order valence-electron chi connectivity index (χ1n) is 6.09. The normalized spacial score (nSPS) is 11.7. The van der Waals surface area contributed by atoms with E-state index in [2.05, 4.69) is 5.32 Å². The summed E-state index contributed by atoms with van der Waals surface area (Å²) in [5.41, 5.74) is 0.0322. The number of aliphatic hydroxyl groups is 2. The van der Waals surface area contributed by atoms with Crippen LogP contribution in [0.5, 0.6) is 17.2 Å². The van der Waals surface area contributed by atoms with Crippen molar-refractivity contribution in [1.29, 1.82) is 0 Å². The van der Waals surface area contributed by atoms with Crippen molar-refractivity contribution in [2.75, 3.05) is 39.8 Å². The minimum absolute atomic E-state index is 0.0530. The average Bonchev–Trinajstić information content (AvgIpc) is 2.50. The maximum Gasteiger partial charge on any atom is 0.338 e. The molecule has 0 fully saturated rings. The first-order valence-corrected chi connectivity index (χ1v) is 6.09. The third-order valence-electron chi connectivity index (χ3n) is 2.79. The number of benzene rings is 1. The van der Waals surface area contributed by atoms with Crippen LogP contribution in [-0.4, -0.2) is 61.9 Å². The average molecular weight is 301 g/mol. The van der Waals surface area contributed by atoms with Gasteiger partial charge in [0.15, 0.2) is 11.5 Å². The van der Waals surface area contributed by atoms with Gasteiger partial charge in [-0.05, 0) is 0 Å². The molecule has 1 aromatic rings. The van der Waals surface area contributed by atoms with Crippen LogP contribution in [0.25, 0.3) is 0 Å². The Hall–Kier alpha value is -2.19. The Kier molecular flexibility index (Phi) is 6.07. The Labute approximate surface area is 121 Å². The number of carboxylic acid groups (broad SMARTS) is 1. The fraction of sp³-hybridized carbons (Fsp3) is 0.462. The molecular weight excluding hydrogens is 282 g/mol. The summed E-state index contributed by atoms with van der Waals surface area (Å²) >= 11 is 0. The monoisotopic (exact) mass is 301 g/mol. The largest absolute Gasteiger partial charge is 0.493 e. The summed E-state index contributed by atoms with van der Waals surface area (Å²) in [6, 6.07) is 1.29. The van der Waals surface area contributed by atoms with Gasteiger partial charge in [0.05, 0.1) is 45.3 Å². The summed E-state index contributed by atoms with van der Waals surface area (Å²) in [6.45, 7) is -0.506. The van der Waals surface area contributed by atoms with Crippen molar-refractivity contribution < 1.29 is 34.3 Å². The molecular formula is C13H19NO7. The summed E-state index contributed by atoms with van der Waals surface area (Å²) in [6.07, 6.45) is -1.04. The lowest BCUT2D eigenvalue weighted by Crippen LogP contribution is -2.24. The molecule has 1 rings (SSSR count). The number of nitrogens with one attached hydrogen (secondary N) is 1. The zero-order valence-electron chi connectivity index (χ0n) is 12.0. The number of ether oxygens (including phenoxy) is 3. The standard InChI is InChI=1S/C13H19NO7/c1-19-9-4-8(13(17)18)10(14-5-7(16)6-15)12(21-3)11(9)20-2/h4,7,14-16H,5-6H2,1-3H3,(H,17,18). The highest BCUT2D eigenvalue weighted by Crippen LogP contribution is 2.45. The van der Waals surface area contributed by atoms with Crippen LogP contribution in [0.1, 0.15) is 10.4 Å². The maximum absolute atomic E-state index is 11.4. The molecule has 0 amide bonds. The Balaban J connectivity index is 3.38. The molecule has 8 heteroatoms. The Morgan fingerprint density at radius 2 is 1.86 bits per heavy atom. The number of methoxy groups -OCH3 is 3. The van der Waals surface area contributed by atoms with E-state index in [4.69, 9.17) is 19.3 Å². The van der Waals surface area contributed by atoms with E-state index in [1.165, 1.54) is 27.4 Å². The summed E-state index contributed by atoms with van der Waals surface area (Å²) in [4.78, 5) is 11.4. The number of carboxylic acids is 1. The van der Waals surface area contributed by atoms with Crippen molar-refractivity contribution in [3.05, 3.63) is 11.6 Å². The van der Waals surface area contributed by atoms with Gasteiger partial charge in [-0.15, -0.1) is 0 Å². The summed E-state index contributed by atoms with van der Waals surface area (Å²) in [5, 5.41) is 30.2. The number of aliphatic hydroxyl groups excluding tert-OH is 2. The van der Waals surface area contributed by atoms with E-state index in [0.717, 1.165) is 0 Å². The second-order valence-electron chi connectivity index (χ2n) is 4.09. The molecule has 21 heavy (non-hydrogen) atoms. The molecule has 8 nitrogen and oxygen atoms in total. The van der Waals surface area contributed by atoms with Crippen molar-refractivity contribution in [1.82, 2.24) is 0 Å². The molecule has 0 aromatic heterocycles. The maximum atomic E-state index is 11.4. The van der Waals surface area contributed by atoms with Gasteiger partial charge in [-0.1, -0.05) is 0 Å². The van der Waals surface area contributed by atoms with Crippen molar-refractivity contribution in [3.63, 3.8) is 0 Å². The van der Waals surface area contributed by atoms with Crippen LogP contribution in [0, 0.1) is 0 Å². The van der Waals surface area contributed by atoms with Gasteiger partial charge in [0.2, 0.25) is 5.75 Å². The van der Waals surface area contributed by atoms with E-state index >= 15 is 0 Å². The highest BCUT2D eigenvalue weighted by molar-refractivity contribution is 5.98. The molecule has 0 spiro atoms. The molecule has 4 N–H and O–H groups in total. The van der Waals surface area contributed by atoms with Crippen LogP contribution < -0.4 is 19.5 Å². The number of aromatic carboxylic acids is 1. The summed E-state index contributed by atoms with van der Waals surface area (Å²) in [5.74, 6) is -0.624. The number of rotatable bonds is 8. The van der Waals surface area contributed by atoms with Crippen LogP contribution >= 0.6 is 0 Å². The Bertz CT molecular complexity index is 504. The van der Waals surface area contributed by atoms with Crippen LogP contribution in [0.3, 0.4) is 0 Å². The van der Waals surface area contributed by atoms with E-state index in [-0.39, 0.29) is 35.0 Å². The predicted molar refractivity (Wildman–Crippen MR) is 74.6 cm³/mol. The molecule has 0 aliphatic carbocycles. The molecule has 118 valence electrons. The second kappa shape index (κ2) is 7.55. The van der Waals surface area contributed by atoms with Gasteiger partial charge in [0, 0.05) is 12.6 Å². The van der Waals surface area contributed by atoms with Gasteiger partial charge in [-0.2, -0.15) is 0 Å². The second-order valence-corrected chi connectivity index (χ2v) is 4.09. The minimum Gasteiger partial charge on any atom is -0.493 e. The number of carbonyl (C=O) groups is 1. The Morgan fingerprint density at radius 3 is 2.29 bits per heavy atom. The third-order valence-corrected chi connectivity index (χ3v) is 2.79. The zero-order chi connectivity index (χ0) is 16.0. The van der Waals surface area contributed by atoms with Crippen molar-refractivity contribution in [3.8, 4) is 17.2 Å². The molecule has 0 aliphatic rings. The first-order chi connectivity index (χ1) is 9.99. The molecule has 0 heterocycles. The smallest absolute Gasteiger partial charge is 0.338 e. The molecule has 0 aliphatic heterocycles. The molecule has 0 radical (unpaired) electrons. The lowest BCUT2D eigenvalue weighted by Gasteiger charge is -2.20. The zero-order valence-corrected chi connectivity index (χ0v) is 12.0. The highest BCUT2D eigenvalue weighted by atomic mass is 16.5. The summed E-state index contributed by atoms with van der Waals surface area (Å²) in [7, 11) is 4.13. The fourth-order valence-electron chi connectivity index (χ4n) is 1.78. The van der Waals surface area contributed by atoms with Crippen molar-refractivity contribution in [2.45, 2.75) is 6.10 Å². The van der Waals surface area contributed by atoms with E-state index in [1.54, 1.807) is 0 Å². The highest BCUT2D eigenvalue weighted by Gasteiger charge is 2.24. The van der Waals surface area contributed by atoms with Gasteiger partial charge in [0.25, 0.3) is 0 Å². The quantitative estimate of drug-likeness (QED) is 0.537. The van der Waals surface area contributed by atoms with Gasteiger partial charge < -0.3 is 34.8 Å². The van der Waals surface area contributed by atoms with E-state index < -0.39 is 18.7 Å². The molecule has 1 aromatic carbocycles. The van der Waals surface area contributed by atoms with E-state index in [0.29, 0.717) is 0 Å². The first kappa shape index (κ1) is 16.9. The summed E-state index contributed by atoms with van der Waals surface area (Å²) < 4.78 is 15.4. The topological polar surface area (TPSA) is 117 Å². The van der Waals surface area contributed by atoms with Gasteiger partial charge in [-0.25, -0.2) is 4.79 Å². The van der Waals surface area contributed by atoms with Gasteiger partial charge in [-0.3, -0.25) is 0 Å². The van der Waals surface area contributed by atoms with Crippen LogP contribution in [0.4, 0.5) is 5.69 Å². The lowest BCUT2D eigenvalue weighted by atomic mass is 10.1. The van der Waals surface area contributed by atoms with Crippen LogP contribution in [-0.2, 0) is 0 Å². The molecule has 0 saturated carbocycles. The molecule has 0 bridgehead atoms. The van der Waals surface area contributed by atoms with Crippen LogP contribution in [0.2, 0.25) is 0 Å². The SMILES string of the molecule is COc1cc(C(=O)O)c(NCC(O)CO)c(OC)c1OC. The third kappa shape index (κ3) is 3.67. The molecule has 0 saturated heterocycles. The number of hydrogen-bond donors (Lipinski definition) is 4. The van der Waals surface area contributed by atoms with Gasteiger partial charge in [0.1, 0.15) is 0 Å². The molecule has 1 atom stereocenters. The van der Waals surface area contributed by atoms with Crippen molar-refractivity contribution >= 4 is 11.7 Å². The Morgan fingerprint density at radius 1 is 1.24 bits per heavy atom. The van der Waals surface area contributed by atoms with Crippen LogP contribution in [0.15, 0.2) is 6.07 Å². The van der Waals surface area contributed by atoms with E-state index in [9.17, 15) is 15.0 Å². The van der Waals surface area contributed by atoms with Crippen molar-refractivity contribution in [2.24, 2.45) is 0 Å². The molecule has 1 unspecified atom stereocenters. The number of hydrogen-bond acceptors (Lipinski definition) is 7. The minimum atomic E-state index is -1.20. The lowest BCUT2D eigenvalue weighted by molar-refractivity contribution is 0.0696. The number of anilines is 1. The van der Waals surface area contributed by atoms with Gasteiger partial charge >= 0.3 is 5.97 Å². The fourth-order valence-corrected chi connectivity index (χ4v) is 1.78. The predicted octanol–water partition coefficient (Wildman–Crippen LogP) is 0.176.